The van der Waals surface area contributed by atoms with Crippen molar-refractivity contribution in [1.82, 2.24) is 9.72 Å². The Balaban J connectivity index is 1.69. The van der Waals surface area contributed by atoms with Gasteiger partial charge < -0.3 is 9.26 Å². The largest absolute Gasteiger partial charge is 0.495 e. The number of rotatable bonds is 6. The highest BCUT2D eigenvalue weighted by molar-refractivity contribution is 7.92. The van der Waals surface area contributed by atoms with Gasteiger partial charge in [0.05, 0.1) is 23.3 Å². The molecule has 8 nitrogen and oxygen atoms in total. The average Bonchev–Trinajstić information content (AvgIpc) is 3.36. The van der Waals surface area contributed by atoms with Gasteiger partial charge in [-0.15, -0.1) is 0 Å². The van der Waals surface area contributed by atoms with Gasteiger partial charge in [-0.1, -0.05) is 28.9 Å². The average molecular weight is 544 g/mol. The SMILES string of the molecule is COc1cc(-c2cccc(F)c2)c(Cl)cc1-n1c(=O)ccc2cc(S(=O)(=O)Nc3ccon3)c(F)cc21. The Morgan fingerprint density at radius 3 is 2.57 bits per heavy atom. The van der Waals surface area contributed by atoms with Crippen LogP contribution in [0.1, 0.15) is 0 Å². The van der Waals surface area contributed by atoms with E-state index in [2.05, 4.69) is 14.4 Å². The summed E-state index contributed by atoms with van der Waals surface area (Å²) in [5, 5.41) is 3.89. The fourth-order valence-electron chi connectivity index (χ4n) is 3.91. The summed E-state index contributed by atoms with van der Waals surface area (Å²) in [6.45, 7) is 0. The smallest absolute Gasteiger partial charge is 0.266 e. The molecule has 188 valence electrons. The van der Waals surface area contributed by atoms with Crippen LogP contribution in [0, 0.1) is 11.6 Å². The van der Waals surface area contributed by atoms with Gasteiger partial charge in [0.2, 0.25) is 0 Å². The number of nitrogens with one attached hydrogen (secondary N) is 1. The fourth-order valence-corrected chi connectivity index (χ4v) is 5.27. The van der Waals surface area contributed by atoms with Crippen molar-refractivity contribution in [3.63, 3.8) is 0 Å². The Morgan fingerprint density at radius 2 is 1.86 bits per heavy atom. The number of benzene rings is 3. The molecule has 5 rings (SSSR count). The zero-order chi connectivity index (χ0) is 26.3. The van der Waals surface area contributed by atoms with Crippen LogP contribution in [0.4, 0.5) is 14.6 Å². The zero-order valence-corrected chi connectivity index (χ0v) is 20.5. The third-order valence-electron chi connectivity index (χ3n) is 5.56. The number of pyridine rings is 1. The molecule has 2 aromatic heterocycles. The molecule has 37 heavy (non-hydrogen) atoms. The van der Waals surface area contributed by atoms with Crippen LogP contribution >= 0.6 is 11.6 Å². The molecule has 0 unspecified atom stereocenters. The number of anilines is 1. The molecule has 0 aliphatic carbocycles. The number of hydrogen-bond donors (Lipinski definition) is 1. The summed E-state index contributed by atoms with van der Waals surface area (Å²) in [7, 11) is -2.99. The lowest BCUT2D eigenvalue weighted by Crippen LogP contribution is -2.19. The number of ether oxygens (including phenoxy) is 1. The van der Waals surface area contributed by atoms with Gasteiger partial charge in [-0.05, 0) is 42.0 Å². The second-order valence-electron chi connectivity index (χ2n) is 7.85. The molecule has 12 heteroatoms. The Bertz CT molecular complexity index is 1820. The lowest BCUT2D eigenvalue weighted by Gasteiger charge is -2.17. The van der Waals surface area contributed by atoms with Crippen molar-refractivity contribution in [2.24, 2.45) is 0 Å². The van der Waals surface area contributed by atoms with Gasteiger partial charge in [0, 0.05) is 29.1 Å². The molecular formula is C25H16ClF2N3O5S. The van der Waals surface area contributed by atoms with Crippen molar-refractivity contribution in [1.29, 1.82) is 0 Å². The Morgan fingerprint density at radius 1 is 1.05 bits per heavy atom. The van der Waals surface area contributed by atoms with Crippen molar-refractivity contribution in [3.05, 3.63) is 100 Å². The zero-order valence-electron chi connectivity index (χ0n) is 18.9. The van der Waals surface area contributed by atoms with E-state index >= 15 is 4.39 Å². The standard InChI is InChI=1S/C25H16ClF2N3O5S/c1-35-22-11-17(14-3-2-4-16(27)9-14)18(26)12-21(22)31-20-13-19(28)23(10-15(20)5-6-25(31)32)37(33,34)30-24-7-8-36-29-24/h2-13H,1H3,(H,29,30). The first-order valence-corrected chi connectivity index (χ1v) is 12.5. The number of sulfonamides is 1. The fraction of sp³-hybridized carbons (Fsp3) is 0.0400. The topological polar surface area (TPSA) is 103 Å². The van der Waals surface area contributed by atoms with Crippen molar-refractivity contribution < 1.29 is 26.5 Å². The summed E-state index contributed by atoms with van der Waals surface area (Å²) in [6, 6.07) is 14.6. The van der Waals surface area contributed by atoms with Gasteiger partial charge in [-0.2, -0.15) is 0 Å². The van der Waals surface area contributed by atoms with E-state index in [0.717, 1.165) is 23.0 Å². The molecule has 0 saturated heterocycles. The quantitative estimate of drug-likeness (QED) is 0.308. The Kier molecular flexibility index (Phi) is 6.18. The molecule has 0 saturated carbocycles. The van der Waals surface area contributed by atoms with Crippen molar-refractivity contribution in [3.8, 4) is 22.6 Å². The monoisotopic (exact) mass is 543 g/mol. The van der Waals surface area contributed by atoms with Crippen LogP contribution in [0.3, 0.4) is 0 Å². The number of methoxy groups -OCH3 is 1. The van der Waals surface area contributed by atoms with Crippen molar-refractivity contribution >= 4 is 38.3 Å². The highest BCUT2D eigenvalue weighted by Crippen LogP contribution is 2.37. The molecule has 5 aromatic rings. The number of halogens is 3. The van der Waals surface area contributed by atoms with E-state index in [0.29, 0.717) is 11.1 Å². The van der Waals surface area contributed by atoms with Crippen LogP contribution in [0.5, 0.6) is 5.75 Å². The van der Waals surface area contributed by atoms with Gasteiger partial charge in [-0.25, -0.2) is 17.2 Å². The summed E-state index contributed by atoms with van der Waals surface area (Å²) in [6.07, 6.45) is 1.16. The van der Waals surface area contributed by atoms with Crippen molar-refractivity contribution in [2.75, 3.05) is 11.8 Å². The van der Waals surface area contributed by atoms with Crippen LogP contribution in [0.2, 0.25) is 5.02 Å². The van der Waals surface area contributed by atoms with E-state index in [-0.39, 0.29) is 33.2 Å². The van der Waals surface area contributed by atoms with E-state index in [1.807, 2.05) is 0 Å². The molecular weight excluding hydrogens is 528 g/mol. The highest BCUT2D eigenvalue weighted by atomic mass is 35.5. The molecule has 0 spiro atoms. The maximum atomic E-state index is 15.2. The van der Waals surface area contributed by atoms with E-state index < -0.39 is 32.1 Å². The molecule has 0 bridgehead atoms. The summed E-state index contributed by atoms with van der Waals surface area (Å²) in [5.74, 6) is -1.49. The molecule has 0 atom stereocenters. The third-order valence-corrected chi connectivity index (χ3v) is 7.24. The molecule has 0 aliphatic heterocycles. The minimum absolute atomic E-state index is 0.0678. The summed E-state index contributed by atoms with van der Waals surface area (Å²) < 4.78 is 67.9. The van der Waals surface area contributed by atoms with Gasteiger partial charge in [-0.3, -0.25) is 14.1 Å². The number of aromatic nitrogens is 2. The van der Waals surface area contributed by atoms with Gasteiger partial charge in [0.25, 0.3) is 15.6 Å². The maximum absolute atomic E-state index is 15.2. The molecule has 0 fully saturated rings. The normalized spacial score (nSPS) is 11.6. The molecule has 0 radical (unpaired) electrons. The van der Waals surface area contributed by atoms with Crippen molar-refractivity contribution in [2.45, 2.75) is 4.90 Å². The number of hydrogen-bond acceptors (Lipinski definition) is 6. The van der Waals surface area contributed by atoms with Crippen LogP contribution in [-0.4, -0.2) is 25.3 Å². The molecule has 2 heterocycles. The first-order valence-electron chi connectivity index (χ1n) is 10.6. The van der Waals surface area contributed by atoms with Gasteiger partial charge >= 0.3 is 0 Å². The van der Waals surface area contributed by atoms with E-state index in [4.69, 9.17) is 16.3 Å². The van der Waals surface area contributed by atoms with Crippen LogP contribution < -0.4 is 15.0 Å². The Hall–Kier alpha value is -4.22. The van der Waals surface area contributed by atoms with Crippen LogP contribution in [0.25, 0.3) is 27.7 Å². The van der Waals surface area contributed by atoms with Crippen LogP contribution in [-0.2, 0) is 10.0 Å². The molecule has 1 N–H and O–H groups in total. The van der Waals surface area contributed by atoms with E-state index in [9.17, 15) is 17.6 Å². The van der Waals surface area contributed by atoms with E-state index in [1.54, 1.807) is 6.07 Å². The first-order chi connectivity index (χ1) is 17.7. The third kappa shape index (κ3) is 4.54. The van der Waals surface area contributed by atoms with Crippen LogP contribution in [0.15, 0.2) is 87.2 Å². The molecule has 0 aliphatic rings. The number of fused-ring (bicyclic) bond motifs is 1. The molecule has 3 aromatic carbocycles. The summed E-state index contributed by atoms with van der Waals surface area (Å²) in [5.41, 5.74) is 0.641. The summed E-state index contributed by atoms with van der Waals surface area (Å²) in [4.78, 5) is 12.3. The lowest BCUT2D eigenvalue weighted by molar-refractivity contribution is 0.413. The maximum Gasteiger partial charge on any atom is 0.266 e. The highest BCUT2D eigenvalue weighted by Gasteiger charge is 2.23. The van der Waals surface area contributed by atoms with E-state index in [1.165, 1.54) is 55.6 Å². The number of nitrogens with zero attached hydrogens (tertiary/aromatic N) is 2. The first kappa shape index (κ1) is 24.5. The predicted molar refractivity (Wildman–Crippen MR) is 134 cm³/mol. The summed E-state index contributed by atoms with van der Waals surface area (Å²) >= 11 is 6.51. The van der Waals surface area contributed by atoms with Gasteiger partial charge in [0.1, 0.15) is 28.5 Å². The lowest BCUT2D eigenvalue weighted by atomic mass is 10.0. The van der Waals surface area contributed by atoms with Gasteiger partial charge in [0.15, 0.2) is 5.82 Å². The minimum atomic E-state index is -4.36. The Labute approximate surface area is 213 Å². The second-order valence-corrected chi connectivity index (χ2v) is 9.91. The predicted octanol–water partition coefficient (Wildman–Crippen LogP) is 5.39. The molecule has 0 amide bonds. The minimum Gasteiger partial charge on any atom is -0.495 e. The second kappa shape index (κ2) is 9.34.